The summed E-state index contributed by atoms with van der Waals surface area (Å²) in [6, 6.07) is 7.04. The summed E-state index contributed by atoms with van der Waals surface area (Å²) in [5.41, 5.74) is 3.17. The first kappa shape index (κ1) is 11.4. The van der Waals surface area contributed by atoms with Crippen LogP contribution in [0.2, 0.25) is 0 Å². The topological polar surface area (TPSA) is 55.1 Å². The zero-order chi connectivity index (χ0) is 12.4. The zero-order valence-electron chi connectivity index (χ0n) is 9.84. The molecule has 0 spiro atoms. The molecule has 1 aromatic carbocycles. The third-order valence-electron chi connectivity index (χ3n) is 2.93. The fourth-order valence-electron chi connectivity index (χ4n) is 1.75. The largest absolute Gasteiger partial charge is 0.478 e. The number of hydrogen-bond donors (Lipinski definition) is 1. The Bertz CT molecular complexity index is 558. The lowest BCUT2D eigenvalue weighted by molar-refractivity contribution is 0.0695. The number of hydrogen-bond acceptors (Lipinski definition) is 2. The van der Waals surface area contributed by atoms with Crippen LogP contribution in [0.1, 0.15) is 27.3 Å². The van der Waals surface area contributed by atoms with Crippen molar-refractivity contribution in [3.8, 4) is 0 Å². The van der Waals surface area contributed by atoms with Crippen LogP contribution >= 0.6 is 0 Å². The average molecular weight is 230 g/mol. The minimum atomic E-state index is -0.893. The number of carboxylic acids is 1. The SMILES string of the molecule is Cc1ncn(Cc2ccccc2C(=O)O)c1C. The third-order valence-corrected chi connectivity index (χ3v) is 2.93. The number of imidazole rings is 1. The summed E-state index contributed by atoms with van der Waals surface area (Å²) in [6.07, 6.45) is 1.74. The van der Waals surface area contributed by atoms with E-state index in [-0.39, 0.29) is 0 Å². The van der Waals surface area contributed by atoms with Crippen LogP contribution in [0.4, 0.5) is 0 Å². The van der Waals surface area contributed by atoms with Gasteiger partial charge in [-0.3, -0.25) is 0 Å². The Morgan fingerprint density at radius 2 is 2.06 bits per heavy atom. The Morgan fingerprint density at radius 1 is 1.35 bits per heavy atom. The lowest BCUT2D eigenvalue weighted by atomic mass is 10.1. The highest BCUT2D eigenvalue weighted by molar-refractivity contribution is 5.89. The molecule has 0 atom stereocenters. The predicted octanol–water partition coefficient (Wildman–Crippen LogP) is 2.25. The monoisotopic (exact) mass is 230 g/mol. The smallest absolute Gasteiger partial charge is 0.336 e. The van der Waals surface area contributed by atoms with Gasteiger partial charge in [0.2, 0.25) is 0 Å². The minimum absolute atomic E-state index is 0.346. The molecule has 2 rings (SSSR count). The summed E-state index contributed by atoms with van der Waals surface area (Å²) in [4.78, 5) is 15.3. The number of benzene rings is 1. The molecular weight excluding hydrogens is 216 g/mol. The predicted molar refractivity (Wildman–Crippen MR) is 64.2 cm³/mol. The quantitative estimate of drug-likeness (QED) is 0.879. The highest BCUT2D eigenvalue weighted by Crippen LogP contribution is 2.13. The lowest BCUT2D eigenvalue weighted by Crippen LogP contribution is -2.07. The van der Waals surface area contributed by atoms with Gasteiger partial charge in [0.15, 0.2) is 0 Å². The Labute approximate surface area is 99.5 Å². The molecule has 1 aromatic heterocycles. The molecule has 17 heavy (non-hydrogen) atoms. The van der Waals surface area contributed by atoms with E-state index in [2.05, 4.69) is 4.98 Å². The molecule has 2 aromatic rings. The van der Waals surface area contributed by atoms with Crippen molar-refractivity contribution in [1.29, 1.82) is 0 Å². The standard InChI is InChI=1S/C13H14N2O2/c1-9-10(2)15(8-14-9)7-11-5-3-4-6-12(11)13(16)17/h3-6,8H,7H2,1-2H3,(H,16,17). The van der Waals surface area contributed by atoms with Gasteiger partial charge in [-0.1, -0.05) is 18.2 Å². The lowest BCUT2D eigenvalue weighted by Gasteiger charge is -2.08. The molecule has 0 amide bonds. The van der Waals surface area contributed by atoms with Gasteiger partial charge in [0, 0.05) is 12.2 Å². The van der Waals surface area contributed by atoms with Gasteiger partial charge in [0.1, 0.15) is 0 Å². The molecule has 0 saturated heterocycles. The van der Waals surface area contributed by atoms with E-state index in [0.29, 0.717) is 12.1 Å². The number of rotatable bonds is 3. The Hall–Kier alpha value is -2.10. The van der Waals surface area contributed by atoms with Gasteiger partial charge in [0.05, 0.1) is 17.6 Å². The average Bonchev–Trinajstić information content (AvgIpc) is 2.61. The van der Waals surface area contributed by atoms with Gasteiger partial charge in [-0.25, -0.2) is 9.78 Å². The number of aryl methyl sites for hydroxylation is 1. The Kier molecular flexibility index (Phi) is 2.95. The van der Waals surface area contributed by atoms with Crippen LogP contribution in [0.25, 0.3) is 0 Å². The minimum Gasteiger partial charge on any atom is -0.478 e. The maximum absolute atomic E-state index is 11.1. The van der Waals surface area contributed by atoms with Crippen LogP contribution < -0.4 is 0 Å². The Balaban J connectivity index is 2.36. The molecule has 0 bridgehead atoms. The Morgan fingerprint density at radius 3 is 2.65 bits per heavy atom. The molecule has 0 aliphatic heterocycles. The molecule has 0 aliphatic rings. The molecule has 0 radical (unpaired) electrons. The summed E-state index contributed by atoms with van der Waals surface area (Å²) in [6.45, 7) is 4.45. The number of aromatic carboxylic acids is 1. The van der Waals surface area contributed by atoms with Crippen molar-refractivity contribution in [2.45, 2.75) is 20.4 Å². The van der Waals surface area contributed by atoms with Crippen molar-refractivity contribution in [3.05, 3.63) is 53.1 Å². The first-order valence-corrected chi connectivity index (χ1v) is 5.39. The van der Waals surface area contributed by atoms with Crippen LogP contribution in [0.15, 0.2) is 30.6 Å². The summed E-state index contributed by atoms with van der Waals surface area (Å²) in [7, 11) is 0. The van der Waals surface area contributed by atoms with Crippen molar-refractivity contribution in [2.24, 2.45) is 0 Å². The number of nitrogens with zero attached hydrogens (tertiary/aromatic N) is 2. The van der Waals surface area contributed by atoms with E-state index in [1.165, 1.54) is 0 Å². The van der Waals surface area contributed by atoms with E-state index in [9.17, 15) is 4.79 Å². The molecule has 1 N–H and O–H groups in total. The number of aromatic nitrogens is 2. The second-order valence-corrected chi connectivity index (χ2v) is 4.01. The van der Waals surface area contributed by atoms with Gasteiger partial charge >= 0.3 is 5.97 Å². The molecule has 0 saturated carbocycles. The normalized spacial score (nSPS) is 10.5. The van der Waals surface area contributed by atoms with E-state index < -0.39 is 5.97 Å². The highest BCUT2D eigenvalue weighted by Gasteiger charge is 2.10. The first-order valence-electron chi connectivity index (χ1n) is 5.39. The molecule has 88 valence electrons. The van der Waals surface area contributed by atoms with E-state index in [0.717, 1.165) is 17.0 Å². The maximum Gasteiger partial charge on any atom is 0.336 e. The van der Waals surface area contributed by atoms with Gasteiger partial charge in [-0.2, -0.15) is 0 Å². The van der Waals surface area contributed by atoms with Crippen LogP contribution in [0.3, 0.4) is 0 Å². The molecule has 4 heteroatoms. The molecule has 0 fully saturated rings. The fraction of sp³-hybridized carbons (Fsp3) is 0.231. The van der Waals surface area contributed by atoms with Crippen LogP contribution in [-0.2, 0) is 6.54 Å². The van der Waals surface area contributed by atoms with Crippen molar-refractivity contribution in [1.82, 2.24) is 9.55 Å². The molecule has 1 heterocycles. The van der Waals surface area contributed by atoms with Crippen molar-refractivity contribution in [3.63, 3.8) is 0 Å². The van der Waals surface area contributed by atoms with E-state index in [1.54, 1.807) is 18.5 Å². The van der Waals surface area contributed by atoms with Gasteiger partial charge in [-0.05, 0) is 25.5 Å². The molecule has 0 unspecified atom stereocenters. The van der Waals surface area contributed by atoms with Crippen LogP contribution in [0.5, 0.6) is 0 Å². The summed E-state index contributed by atoms with van der Waals surface area (Å²) < 4.78 is 1.96. The van der Waals surface area contributed by atoms with Gasteiger partial charge in [0.25, 0.3) is 0 Å². The number of carbonyl (C=O) groups is 1. The van der Waals surface area contributed by atoms with Crippen molar-refractivity contribution < 1.29 is 9.90 Å². The number of carboxylic acid groups (broad SMARTS) is 1. The van der Waals surface area contributed by atoms with E-state index in [1.807, 2.05) is 30.5 Å². The van der Waals surface area contributed by atoms with Gasteiger partial charge in [-0.15, -0.1) is 0 Å². The molecule has 0 aliphatic carbocycles. The van der Waals surface area contributed by atoms with Crippen LogP contribution in [-0.4, -0.2) is 20.6 Å². The highest BCUT2D eigenvalue weighted by atomic mass is 16.4. The molecular formula is C13H14N2O2. The van der Waals surface area contributed by atoms with E-state index >= 15 is 0 Å². The summed E-state index contributed by atoms with van der Waals surface area (Å²) in [5.74, 6) is -0.893. The fourth-order valence-corrected chi connectivity index (χ4v) is 1.75. The summed E-state index contributed by atoms with van der Waals surface area (Å²) in [5, 5.41) is 9.09. The van der Waals surface area contributed by atoms with Crippen molar-refractivity contribution >= 4 is 5.97 Å². The molecule has 4 nitrogen and oxygen atoms in total. The van der Waals surface area contributed by atoms with E-state index in [4.69, 9.17) is 5.11 Å². The summed E-state index contributed by atoms with van der Waals surface area (Å²) >= 11 is 0. The second kappa shape index (κ2) is 4.41. The second-order valence-electron chi connectivity index (χ2n) is 4.01. The third kappa shape index (κ3) is 2.20. The zero-order valence-corrected chi connectivity index (χ0v) is 9.84. The van der Waals surface area contributed by atoms with Gasteiger partial charge < -0.3 is 9.67 Å². The van der Waals surface area contributed by atoms with Crippen molar-refractivity contribution in [2.75, 3.05) is 0 Å². The first-order chi connectivity index (χ1) is 8.09. The van der Waals surface area contributed by atoms with Crippen LogP contribution in [0, 0.1) is 13.8 Å². The maximum atomic E-state index is 11.1.